The van der Waals surface area contributed by atoms with Crippen LogP contribution in [0.25, 0.3) is 0 Å². The van der Waals surface area contributed by atoms with E-state index in [4.69, 9.17) is 28.4 Å². The SMILES string of the molecule is CCCCC/C=C\C/C=C\CCCCCCCC(=O)OC(COC(=O)CCCCC)COC1OC(COC2OC(CO)C(O)C(O)C2O)C(O)C(O)C1O. The number of aliphatic hydroxyl groups excluding tert-OH is 7. The summed E-state index contributed by atoms with van der Waals surface area (Å²) in [7, 11) is 0. The molecule has 2 saturated heterocycles. The second-order valence-electron chi connectivity index (χ2n) is 14.1. The molecule has 15 nitrogen and oxygen atoms in total. The van der Waals surface area contributed by atoms with Crippen LogP contribution in [0.5, 0.6) is 0 Å². The van der Waals surface area contributed by atoms with Crippen LogP contribution in [-0.4, -0.2) is 142 Å². The highest BCUT2D eigenvalue weighted by Gasteiger charge is 2.47. The summed E-state index contributed by atoms with van der Waals surface area (Å²) in [6, 6.07) is 0. The summed E-state index contributed by atoms with van der Waals surface area (Å²) in [5.74, 6) is -0.973. The van der Waals surface area contributed by atoms with Crippen molar-refractivity contribution in [2.24, 2.45) is 0 Å². The Bertz CT molecular complexity index is 1060. The molecule has 0 bridgehead atoms. The van der Waals surface area contributed by atoms with Crippen LogP contribution in [-0.2, 0) is 38.0 Å². The van der Waals surface area contributed by atoms with Crippen molar-refractivity contribution in [3.63, 3.8) is 0 Å². The molecule has 0 saturated carbocycles. The Morgan fingerprint density at radius 3 is 1.76 bits per heavy atom. The Balaban J connectivity index is 1.84. The third-order valence-corrected chi connectivity index (χ3v) is 9.43. The molecule has 314 valence electrons. The van der Waals surface area contributed by atoms with Crippen LogP contribution in [0, 0.1) is 0 Å². The number of carbonyl (C=O) groups excluding carboxylic acids is 2. The van der Waals surface area contributed by atoms with E-state index in [0.717, 1.165) is 57.8 Å². The first-order valence-electron chi connectivity index (χ1n) is 19.9. The zero-order valence-corrected chi connectivity index (χ0v) is 32.2. The minimum atomic E-state index is -1.76. The van der Waals surface area contributed by atoms with Gasteiger partial charge in [0.25, 0.3) is 0 Å². The number of aliphatic hydroxyl groups is 7. The summed E-state index contributed by atoms with van der Waals surface area (Å²) < 4.78 is 33.0. The van der Waals surface area contributed by atoms with Crippen LogP contribution >= 0.6 is 0 Å². The van der Waals surface area contributed by atoms with Gasteiger partial charge in [-0.3, -0.25) is 9.59 Å². The van der Waals surface area contributed by atoms with Crippen LogP contribution in [0.3, 0.4) is 0 Å². The highest BCUT2D eigenvalue weighted by Crippen LogP contribution is 2.26. The van der Waals surface area contributed by atoms with Gasteiger partial charge in [-0.2, -0.15) is 0 Å². The highest BCUT2D eigenvalue weighted by molar-refractivity contribution is 5.70. The third-order valence-electron chi connectivity index (χ3n) is 9.43. The van der Waals surface area contributed by atoms with E-state index in [1.807, 2.05) is 6.92 Å². The number of allylic oxidation sites excluding steroid dienone is 4. The van der Waals surface area contributed by atoms with Crippen LogP contribution in [0.4, 0.5) is 0 Å². The average molecular weight is 777 g/mol. The molecule has 11 atom stereocenters. The van der Waals surface area contributed by atoms with Crippen LogP contribution in [0.15, 0.2) is 24.3 Å². The van der Waals surface area contributed by atoms with Gasteiger partial charge >= 0.3 is 11.9 Å². The number of hydrogen-bond donors (Lipinski definition) is 7. The number of hydrogen-bond acceptors (Lipinski definition) is 15. The number of ether oxygens (including phenoxy) is 6. The molecular weight excluding hydrogens is 708 g/mol. The van der Waals surface area contributed by atoms with Gasteiger partial charge in [-0.1, -0.05) is 83.1 Å². The molecule has 7 N–H and O–H groups in total. The van der Waals surface area contributed by atoms with E-state index < -0.39 is 92.7 Å². The van der Waals surface area contributed by atoms with E-state index in [1.54, 1.807) is 0 Å². The largest absolute Gasteiger partial charge is 0.462 e. The van der Waals surface area contributed by atoms with E-state index >= 15 is 0 Å². The molecule has 54 heavy (non-hydrogen) atoms. The highest BCUT2D eigenvalue weighted by atomic mass is 16.7. The summed E-state index contributed by atoms with van der Waals surface area (Å²) in [6.07, 6.45) is 6.22. The molecule has 0 amide bonds. The maximum absolute atomic E-state index is 12.8. The lowest BCUT2D eigenvalue weighted by atomic mass is 9.98. The molecule has 15 heteroatoms. The average Bonchev–Trinajstić information content (AvgIpc) is 3.16. The topological polar surface area (TPSA) is 231 Å². The first-order chi connectivity index (χ1) is 26.0. The minimum absolute atomic E-state index is 0.149. The number of carbonyl (C=O) groups is 2. The number of esters is 2. The summed E-state index contributed by atoms with van der Waals surface area (Å²) in [4.78, 5) is 25.1. The van der Waals surface area contributed by atoms with Crippen molar-refractivity contribution >= 4 is 11.9 Å². The van der Waals surface area contributed by atoms with Crippen molar-refractivity contribution in [2.45, 2.75) is 184 Å². The number of rotatable bonds is 28. The van der Waals surface area contributed by atoms with Gasteiger partial charge in [-0.15, -0.1) is 0 Å². The molecule has 0 radical (unpaired) electrons. The third kappa shape index (κ3) is 18.3. The van der Waals surface area contributed by atoms with Crippen molar-refractivity contribution in [1.82, 2.24) is 0 Å². The summed E-state index contributed by atoms with van der Waals surface area (Å²) in [5.41, 5.74) is 0. The monoisotopic (exact) mass is 776 g/mol. The molecule has 0 aromatic carbocycles. The fourth-order valence-electron chi connectivity index (χ4n) is 6.01. The Morgan fingerprint density at radius 2 is 1.11 bits per heavy atom. The van der Waals surface area contributed by atoms with Gasteiger partial charge in [0, 0.05) is 12.8 Å². The zero-order valence-electron chi connectivity index (χ0n) is 32.2. The quantitative estimate of drug-likeness (QED) is 0.0344. The molecule has 0 aromatic heterocycles. The van der Waals surface area contributed by atoms with Crippen LogP contribution in [0.2, 0.25) is 0 Å². The summed E-state index contributed by atoms with van der Waals surface area (Å²) in [6.45, 7) is 2.31. The first kappa shape index (κ1) is 48.1. The lowest BCUT2D eigenvalue weighted by molar-refractivity contribution is -0.332. The molecule has 2 rings (SSSR count). The van der Waals surface area contributed by atoms with Crippen molar-refractivity contribution in [3.05, 3.63) is 24.3 Å². The van der Waals surface area contributed by atoms with Crippen molar-refractivity contribution in [2.75, 3.05) is 26.4 Å². The van der Waals surface area contributed by atoms with Gasteiger partial charge < -0.3 is 64.2 Å². The van der Waals surface area contributed by atoms with Gasteiger partial charge in [0.05, 0.1) is 19.8 Å². The minimum Gasteiger partial charge on any atom is -0.462 e. The smallest absolute Gasteiger partial charge is 0.306 e. The van der Waals surface area contributed by atoms with Gasteiger partial charge in [0.2, 0.25) is 0 Å². The van der Waals surface area contributed by atoms with Crippen LogP contribution in [0.1, 0.15) is 117 Å². The van der Waals surface area contributed by atoms with Crippen molar-refractivity contribution in [1.29, 1.82) is 0 Å². The molecule has 11 unspecified atom stereocenters. The fraction of sp³-hybridized carbons (Fsp3) is 0.846. The Hall–Kier alpha value is -2.02. The predicted octanol–water partition coefficient (Wildman–Crippen LogP) is 2.48. The predicted molar refractivity (Wildman–Crippen MR) is 197 cm³/mol. The van der Waals surface area contributed by atoms with Crippen molar-refractivity contribution < 1.29 is 73.8 Å². The molecule has 0 spiro atoms. The van der Waals surface area contributed by atoms with Gasteiger partial charge in [0.1, 0.15) is 55.4 Å². The maximum atomic E-state index is 12.8. The lowest BCUT2D eigenvalue weighted by Gasteiger charge is -2.42. The van der Waals surface area contributed by atoms with Gasteiger partial charge in [-0.05, 0) is 44.9 Å². The Kier molecular flexibility index (Phi) is 25.3. The lowest BCUT2D eigenvalue weighted by Crippen LogP contribution is -2.61. The fourth-order valence-corrected chi connectivity index (χ4v) is 6.01. The number of unbranched alkanes of at least 4 members (excludes halogenated alkanes) is 10. The van der Waals surface area contributed by atoms with E-state index in [9.17, 15) is 45.3 Å². The molecular formula is C39H68O15. The normalized spacial score (nSPS) is 29.5. The molecule has 0 aromatic rings. The first-order valence-corrected chi connectivity index (χ1v) is 19.9. The molecule has 2 fully saturated rings. The second-order valence-corrected chi connectivity index (χ2v) is 14.1. The van der Waals surface area contributed by atoms with Crippen molar-refractivity contribution in [3.8, 4) is 0 Å². The van der Waals surface area contributed by atoms with Gasteiger partial charge in [-0.25, -0.2) is 0 Å². The Morgan fingerprint density at radius 1 is 0.593 bits per heavy atom. The van der Waals surface area contributed by atoms with E-state index in [1.165, 1.54) is 19.3 Å². The molecule has 2 aliphatic heterocycles. The Labute approximate surface area is 320 Å². The molecule has 2 aliphatic rings. The van der Waals surface area contributed by atoms with E-state index in [2.05, 4.69) is 31.2 Å². The summed E-state index contributed by atoms with van der Waals surface area (Å²) >= 11 is 0. The van der Waals surface area contributed by atoms with E-state index in [-0.39, 0.29) is 26.1 Å². The van der Waals surface area contributed by atoms with E-state index in [0.29, 0.717) is 12.8 Å². The second kappa shape index (κ2) is 28.4. The van der Waals surface area contributed by atoms with Crippen LogP contribution < -0.4 is 0 Å². The molecule has 2 heterocycles. The zero-order chi connectivity index (χ0) is 39.7. The summed E-state index contributed by atoms with van der Waals surface area (Å²) in [5, 5.41) is 71.3. The standard InChI is InChI=1S/C39H68O15/c1-3-5-7-8-9-10-11-12-13-14-15-16-17-18-20-22-31(42)52-27(24-49-30(41)21-19-6-4-2)25-50-38-37(48)35(46)33(44)29(54-38)26-51-39-36(47)34(45)32(43)28(23-40)53-39/h9-10,12-13,27-29,32-40,43-48H,3-8,11,14-26H2,1-2H3/b10-9-,13-12-. The molecule has 0 aliphatic carbocycles. The van der Waals surface area contributed by atoms with Gasteiger partial charge in [0.15, 0.2) is 18.7 Å². The maximum Gasteiger partial charge on any atom is 0.306 e.